The molecule has 76 valence electrons. The van der Waals surface area contributed by atoms with Gasteiger partial charge in [-0.25, -0.2) is 0 Å². The largest absolute Gasteiger partial charge is 0.316 e. The number of anilines is 1. The summed E-state index contributed by atoms with van der Waals surface area (Å²) in [4.78, 5) is 12.7. The smallest absolute Gasteiger partial charge is 0.242 e. The van der Waals surface area contributed by atoms with Gasteiger partial charge in [0, 0.05) is 4.88 Å². The minimum Gasteiger partial charge on any atom is -0.316 e. The third-order valence-corrected chi connectivity index (χ3v) is 3.71. The standard InChI is InChI=1S/C10H12ClNOS/c1-6(11)10(13)12-9-5-7-3-2-4-8(7)14-9/h5-6H,2-4H2,1H3,(H,12,13). The zero-order valence-corrected chi connectivity index (χ0v) is 9.54. The van der Waals surface area contributed by atoms with Crippen molar-refractivity contribution in [1.29, 1.82) is 0 Å². The summed E-state index contributed by atoms with van der Waals surface area (Å²) < 4.78 is 0. The van der Waals surface area contributed by atoms with Gasteiger partial charge in [0.2, 0.25) is 5.91 Å². The maximum absolute atomic E-state index is 11.3. The molecule has 0 bridgehead atoms. The number of hydrogen-bond donors (Lipinski definition) is 1. The maximum atomic E-state index is 11.3. The Morgan fingerprint density at radius 2 is 2.43 bits per heavy atom. The van der Waals surface area contributed by atoms with E-state index in [1.54, 1.807) is 18.3 Å². The lowest BCUT2D eigenvalue weighted by Crippen LogP contribution is -2.19. The van der Waals surface area contributed by atoms with Gasteiger partial charge in [-0.2, -0.15) is 0 Å². The van der Waals surface area contributed by atoms with Gasteiger partial charge in [-0.3, -0.25) is 4.79 Å². The van der Waals surface area contributed by atoms with Crippen molar-refractivity contribution in [1.82, 2.24) is 0 Å². The Bertz CT molecular complexity index is 338. The number of nitrogens with one attached hydrogen (secondary N) is 1. The summed E-state index contributed by atoms with van der Waals surface area (Å²) in [5, 5.41) is 3.29. The van der Waals surface area contributed by atoms with Gasteiger partial charge >= 0.3 is 0 Å². The van der Waals surface area contributed by atoms with Crippen molar-refractivity contribution < 1.29 is 4.79 Å². The second-order valence-electron chi connectivity index (χ2n) is 3.52. The van der Waals surface area contributed by atoms with Gasteiger partial charge in [0.1, 0.15) is 5.38 Å². The third-order valence-electron chi connectivity index (χ3n) is 2.35. The molecule has 0 spiro atoms. The van der Waals surface area contributed by atoms with Crippen LogP contribution in [0.15, 0.2) is 6.07 Å². The van der Waals surface area contributed by atoms with E-state index in [0.29, 0.717) is 0 Å². The fourth-order valence-corrected chi connectivity index (χ4v) is 2.82. The summed E-state index contributed by atoms with van der Waals surface area (Å²) in [5.74, 6) is -0.119. The van der Waals surface area contributed by atoms with Crippen molar-refractivity contribution in [2.24, 2.45) is 0 Å². The predicted octanol–water partition coefficient (Wildman–Crippen LogP) is 2.80. The van der Waals surface area contributed by atoms with Crippen LogP contribution in [0.5, 0.6) is 0 Å². The summed E-state index contributed by atoms with van der Waals surface area (Å²) in [6.45, 7) is 1.68. The first kappa shape index (κ1) is 9.99. The lowest BCUT2D eigenvalue weighted by Gasteiger charge is -2.02. The van der Waals surface area contributed by atoms with E-state index < -0.39 is 5.38 Å². The number of halogens is 1. The Balaban J connectivity index is 2.07. The van der Waals surface area contributed by atoms with Crippen LogP contribution in [0.2, 0.25) is 0 Å². The van der Waals surface area contributed by atoms with E-state index in [0.717, 1.165) is 17.8 Å². The van der Waals surface area contributed by atoms with Crippen LogP contribution in [0.4, 0.5) is 5.00 Å². The number of thiophene rings is 1. The van der Waals surface area contributed by atoms with Gasteiger partial charge in [-0.1, -0.05) is 0 Å². The van der Waals surface area contributed by atoms with Crippen molar-refractivity contribution in [3.05, 3.63) is 16.5 Å². The van der Waals surface area contributed by atoms with E-state index in [4.69, 9.17) is 11.6 Å². The zero-order valence-electron chi connectivity index (χ0n) is 7.97. The molecule has 1 aliphatic carbocycles. The highest BCUT2D eigenvalue weighted by molar-refractivity contribution is 7.16. The van der Waals surface area contributed by atoms with Gasteiger partial charge in [0.25, 0.3) is 0 Å². The van der Waals surface area contributed by atoms with Crippen LogP contribution in [0.25, 0.3) is 0 Å². The first-order chi connectivity index (χ1) is 6.66. The van der Waals surface area contributed by atoms with E-state index in [2.05, 4.69) is 11.4 Å². The second-order valence-corrected chi connectivity index (χ2v) is 5.31. The van der Waals surface area contributed by atoms with Crippen LogP contribution in [-0.4, -0.2) is 11.3 Å². The Labute approximate surface area is 92.3 Å². The average Bonchev–Trinajstić information content (AvgIpc) is 2.63. The summed E-state index contributed by atoms with van der Waals surface area (Å²) in [6, 6.07) is 2.07. The quantitative estimate of drug-likeness (QED) is 0.777. The molecule has 14 heavy (non-hydrogen) atoms. The van der Waals surface area contributed by atoms with E-state index in [-0.39, 0.29) is 5.91 Å². The molecular weight excluding hydrogens is 218 g/mol. The van der Waals surface area contributed by atoms with E-state index in [1.165, 1.54) is 16.9 Å². The molecule has 4 heteroatoms. The summed E-state index contributed by atoms with van der Waals surface area (Å²) >= 11 is 7.34. The lowest BCUT2D eigenvalue weighted by molar-refractivity contribution is -0.115. The Hall–Kier alpha value is -0.540. The predicted molar refractivity (Wildman–Crippen MR) is 60.3 cm³/mol. The fourth-order valence-electron chi connectivity index (χ4n) is 1.61. The Morgan fingerprint density at radius 3 is 3.07 bits per heavy atom. The van der Waals surface area contributed by atoms with Crippen molar-refractivity contribution in [2.45, 2.75) is 31.6 Å². The van der Waals surface area contributed by atoms with E-state index in [1.807, 2.05) is 0 Å². The first-order valence-corrected chi connectivity index (χ1v) is 5.98. The zero-order chi connectivity index (χ0) is 10.1. The van der Waals surface area contributed by atoms with E-state index in [9.17, 15) is 4.79 Å². The molecule has 1 N–H and O–H groups in total. The number of rotatable bonds is 2. The van der Waals surface area contributed by atoms with E-state index >= 15 is 0 Å². The molecule has 1 unspecified atom stereocenters. The highest BCUT2D eigenvalue weighted by Gasteiger charge is 2.17. The average molecular weight is 230 g/mol. The third kappa shape index (κ3) is 1.93. The molecule has 2 rings (SSSR count). The number of carbonyl (C=O) groups excluding carboxylic acids is 1. The monoisotopic (exact) mass is 229 g/mol. The fraction of sp³-hybridized carbons (Fsp3) is 0.500. The molecule has 1 aromatic heterocycles. The molecule has 0 aliphatic heterocycles. The molecule has 2 nitrogen and oxygen atoms in total. The van der Waals surface area contributed by atoms with Gasteiger partial charge in [0.05, 0.1) is 5.00 Å². The highest BCUT2D eigenvalue weighted by atomic mass is 35.5. The highest BCUT2D eigenvalue weighted by Crippen LogP contribution is 2.33. The minimum atomic E-state index is -0.466. The second kappa shape index (κ2) is 3.91. The number of alkyl halides is 1. The van der Waals surface area contributed by atoms with Gasteiger partial charge < -0.3 is 5.32 Å². The summed E-state index contributed by atoms with van der Waals surface area (Å²) in [6.07, 6.45) is 3.56. The van der Waals surface area contributed by atoms with Crippen molar-refractivity contribution >= 4 is 33.8 Å². The first-order valence-electron chi connectivity index (χ1n) is 4.73. The van der Waals surface area contributed by atoms with Gasteiger partial charge in [0.15, 0.2) is 0 Å². The molecule has 1 amide bonds. The Kier molecular flexibility index (Phi) is 2.79. The lowest BCUT2D eigenvalue weighted by atomic mass is 10.3. The van der Waals surface area contributed by atoms with Crippen LogP contribution in [-0.2, 0) is 17.6 Å². The van der Waals surface area contributed by atoms with Crippen LogP contribution < -0.4 is 5.32 Å². The van der Waals surface area contributed by atoms with Crippen LogP contribution in [0.1, 0.15) is 23.8 Å². The topological polar surface area (TPSA) is 29.1 Å². The molecule has 0 aromatic carbocycles. The molecule has 1 aromatic rings. The molecule has 1 aliphatic rings. The maximum Gasteiger partial charge on any atom is 0.242 e. The molecule has 0 fully saturated rings. The van der Waals surface area contributed by atoms with Crippen molar-refractivity contribution in [3.8, 4) is 0 Å². The molecule has 0 saturated carbocycles. The SMILES string of the molecule is CC(Cl)C(=O)Nc1cc2c(s1)CCC2. The molecular formula is C10H12ClNOS. The number of amides is 1. The summed E-state index contributed by atoms with van der Waals surface area (Å²) in [5.41, 5.74) is 1.40. The molecule has 0 saturated heterocycles. The van der Waals surface area contributed by atoms with Crippen LogP contribution >= 0.6 is 22.9 Å². The van der Waals surface area contributed by atoms with Crippen LogP contribution in [0, 0.1) is 0 Å². The number of aryl methyl sites for hydroxylation is 2. The number of fused-ring (bicyclic) bond motifs is 1. The molecule has 1 atom stereocenters. The van der Waals surface area contributed by atoms with Crippen LogP contribution in [0.3, 0.4) is 0 Å². The number of carbonyl (C=O) groups is 1. The van der Waals surface area contributed by atoms with Crippen molar-refractivity contribution in [2.75, 3.05) is 5.32 Å². The normalized spacial score (nSPS) is 16.4. The van der Waals surface area contributed by atoms with Gasteiger partial charge in [-0.05, 0) is 37.8 Å². The number of hydrogen-bond acceptors (Lipinski definition) is 2. The van der Waals surface area contributed by atoms with Gasteiger partial charge in [-0.15, -0.1) is 22.9 Å². The molecule has 0 radical (unpaired) electrons. The molecule has 1 heterocycles. The summed E-state index contributed by atoms with van der Waals surface area (Å²) in [7, 11) is 0. The Morgan fingerprint density at radius 1 is 1.64 bits per heavy atom. The minimum absolute atomic E-state index is 0.119. The van der Waals surface area contributed by atoms with Crippen molar-refractivity contribution in [3.63, 3.8) is 0 Å².